The molecule has 226 valence electrons. The molecule has 2 rings (SSSR count). The monoisotopic (exact) mass is 574 g/mol. The van der Waals surface area contributed by atoms with Crippen molar-refractivity contribution in [1.82, 2.24) is 0 Å². The van der Waals surface area contributed by atoms with Crippen molar-refractivity contribution < 1.29 is 23.8 Å². The van der Waals surface area contributed by atoms with Gasteiger partial charge in [-0.05, 0) is 81.7 Å². The molecular weight excluding hydrogens is 519 g/mol. The average Bonchev–Trinajstić information content (AvgIpc) is 2.72. The first kappa shape index (κ1) is 34.4. The van der Waals surface area contributed by atoms with Crippen LogP contribution in [0.3, 0.4) is 0 Å². The summed E-state index contributed by atoms with van der Waals surface area (Å²) in [6.45, 7) is 28.9. The highest BCUT2D eigenvalue weighted by Gasteiger charge is 2.28. The second-order valence-corrected chi connectivity index (χ2v) is 16.6. The largest absolute Gasteiger partial charge is 0.507 e. The molecule has 0 aliphatic rings. The highest BCUT2D eigenvalue weighted by molar-refractivity contribution is 7.33. The van der Waals surface area contributed by atoms with Crippen molar-refractivity contribution in [3.63, 3.8) is 0 Å². The fraction of sp³-hybridized carbons (Fsp3) is 0.647. The van der Waals surface area contributed by atoms with Crippen molar-refractivity contribution in [3.8, 4) is 11.5 Å². The van der Waals surface area contributed by atoms with Crippen LogP contribution in [0, 0.1) is 0 Å². The molecule has 0 spiro atoms. The summed E-state index contributed by atoms with van der Waals surface area (Å²) in [6.07, 6.45) is 0.472. The summed E-state index contributed by atoms with van der Waals surface area (Å²) in [6, 6.07) is 8.15. The van der Waals surface area contributed by atoms with E-state index in [0.29, 0.717) is 24.3 Å². The van der Waals surface area contributed by atoms with E-state index in [1.807, 2.05) is 38.1 Å². The van der Waals surface area contributed by atoms with Crippen molar-refractivity contribution in [2.75, 3.05) is 0 Å². The number of aromatic hydroxyl groups is 2. The Bertz CT molecular complexity index is 1040. The predicted octanol–water partition coefficient (Wildman–Crippen LogP) is 9.27. The number of benzene rings is 2. The smallest absolute Gasteiger partial charge is 0.319 e. The van der Waals surface area contributed by atoms with Gasteiger partial charge in [0, 0.05) is 0 Å². The lowest BCUT2D eigenvalue weighted by Gasteiger charge is -2.29. The van der Waals surface area contributed by atoms with Crippen LogP contribution in [0.1, 0.15) is 130 Å². The quantitative estimate of drug-likeness (QED) is 0.307. The van der Waals surface area contributed by atoms with Gasteiger partial charge in [0.25, 0.3) is 0 Å². The Morgan fingerprint density at radius 2 is 0.800 bits per heavy atom. The Morgan fingerprint density at radius 3 is 1.00 bits per heavy atom. The van der Waals surface area contributed by atoms with Crippen LogP contribution in [0.5, 0.6) is 11.5 Å². The van der Waals surface area contributed by atoms with E-state index in [1.165, 1.54) is 0 Å². The number of hydrogen-bond acceptors (Lipinski definition) is 5. The third-order valence-electron chi connectivity index (χ3n) is 7.21. The molecule has 0 saturated carbocycles. The van der Waals surface area contributed by atoms with Gasteiger partial charge in [-0.2, -0.15) is 0 Å². The lowest BCUT2D eigenvalue weighted by molar-refractivity contribution is 0.144. The van der Waals surface area contributed by atoms with E-state index in [-0.39, 0.29) is 33.9 Å². The van der Waals surface area contributed by atoms with Gasteiger partial charge in [-0.1, -0.05) is 107 Å². The molecule has 0 radical (unpaired) electrons. The molecule has 0 bridgehead atoms. The van der Waals surface area contributed by atoms with Gasteiger partial charge < -0.3 is 19.3 Å². The Hall–Kier alpha value is -1.81. The van der Waals surface area contributed by atoms with Gasteiger partial charge in [0.1, 0.15) is 11.5 Å². The number of phenolic OH excluding ortho intramolecular Hbond substituents is 2. The van der Waals surface area contributed by atoms with E-state index in [9.17, 15) is 14.8 Å². The van der Waals surface area contributed by atoms with Gasteiger partial charge in [-0.3, -0.25) is 4.57 Å². The van der Waals surface area contributed by atoms with Crippen molar-refractivity contribution in [1.29, 1.82) is 0 Å². The maximum atomic E-state index is 12.9. The normalized spacial score (nSPS) is 15.7. The molecule has 2 aromatic carbocycles. The second kappa shape index (κ2) is 12.2. The summed E-state index contributed by atoms with van der Waals surface area (Å²) in [5.74, 6) is 0.697. The molecule has 0 aliphatic heterocycles. The summed E-state index contributed by atoms with van der Waals surface area (Å²) < 4.78 is 24.6. The fourth-order valence-electron chi connectivity index (χ4n) is 5.01. The zero-order valence-corrected chi connectivity index (χ0v) is 28.5. The number of rotatable bonds is 8. The van der Waals surface area contributed by atoms with Crippen LogP contribution >= 0.6 is 8.25 Å². The van der Waals surface area contributed by atoms with E-state index in [0.717, 1.165) is 33.4 Å². The summed E-state index contributed by atoms with van der Waals surface area (Å²) in [5, 5.41) is 22.0. The topological polar surface area (TPSA) is 76.0 Å². The second-order valence-electron chi connectivity index (χ2n) is 15.6. The summed E-state index contributed by atoms with van der Waals surface area (Å²) in [5.41, 5.74) is 4.81. The highest BCUT2D eigenvalue weighted by Crippen LogP contribution is 2.42. The molecule has 6 heteroatoms. The van der Waals surface area contributed by atoms with Gasteiger partial charge in [-0.25, -0.2) is 0 Å². The molecule has 0 amide bonds. The van der Waals surface area contributed by atoms with Gasteiger partial charge in [-0.15, -0.1) is 0 Å². The molecule has 5 nitrogen and oxygen atoms in total. The molecule has 0 saturated heterocycles. The predicted molar refractivity (Wildman–Crippen MR) is 169 cm³/mol. The molecule has 2 N–H and O–H groups in total. The first-order chi connectivity index (χ1) is 17.9. The standard InChI is InChI=1S/C34H55O5P/c1-21(15-23-17-25(31(3,4)5)29(35)26(18-23)32(6,7)8)38-40(37)39-22(2)16-24-19-27(33(9,10)11)30(36)28(20-24)34(12,13)14/h17-22,35-36,40H,15-16H2,1-14H3. The molecule has 2 atom stereocenters. The summed E-state index contributed by atoms with van der Waals surface area (Å²) in [4.78, 5) is 0. The average molecular weight is 575 g/mol. The minimum Gasteiger partial charge on any atom is -0.507 e. The Morgan fingerprint density at radius 1 is 0.575 bits per heavy atom. The van der Waals surface area contributed by atoms with Gasteiger partial charge >= 0.3 is 8.25 Å². The first-order valence-corrected chi connectivity index (χ1v) is 15.7. The molecule has 2 aromatic rings. The molecular formula is C34H55O5P. The van der Waals surface area contributed by atoms with E-state index >= 15 is 0 Å². The minimum atomic E-state index is -2.74. The van der Waals surface area contributed by atoms with Crippen LogP contribution in [-0.4, -0.2) is 22.4 Å². The van der Waals surface area contributed by atoms with Crippen molar-refractivity contribution in [2.24, 2.45) is 0 Å². The Balaban J connectivity index is 2.18. The van der Waals surface area contributed by atoms with Gasteiger partial charge in [0.05, 0.1) is 12.2 Å². The highest BCUT2D eigenvalue weighted by atomic mass is 31.1. The van der Waals surface area contributed by atoms with Crippen LogP contribution < -0.4 is 0 Å². The molecule has 0 heterocycles. The van der Waals surface area contributed by atoms with Crippen LogP contribution in [0.2, 0.25) is 0 Å². The third kappa shape index (κ3) is 9.10. The molecule has 0 aliphatic carbocycles. The van der Waals surface area contributed by atoms with Crippen LogP contribution in [0.4, 0.5) is 0 Å². The number of phenols is 2. The van der Waals surface area contributed by atoms with Crippen LogP contribution in [0.15, 0.2) is 24.3 Å². The fourth-order valence-corrected chi connectivity index (χ4v) is 5.89. The third-order valence-corrected chi connectivity index (χ3v) is 8.40. The maximum Gasteiger partial charge on any atom is 0.319 e. The van der Waals surface area contributed by atoms with Crippen molar-refractivity contribution >= 4 is 8.25 Å². The maximum absolute atomic E-state index is 12.9. The molecule has 0 fully saturated rings. The lowest BCUT2D eigenvalue weighted by Crippen LogP contribution is -2.19. The van der Waals surface area contributed by atoms with Crippen LogP contribution in [-0.2, 0) is 48.1 Å². The first-order valence-electron chi connectivity index (χ1n) is 14.5. The lowest BCUT2D eigenvalue weighted by atomic mass is 9.78. The summed E-state index contributed by atoms with van der Waals surface area (Å²) in [7, 11) is -2.74. The van der Waals surface area contributed by atoms with Crippen molar-refractivity contribution in [3.05, 3.63) is 57.6 Å². The molecule has 40 heavy (non-hydrogen) atoms. The number of hydrogen-bond donors (Lipinski definition) is 2. The summed E-state index contributed by atoms with van der Waals surface area (Å²) >= 11 is 0. The molecule has 0 aromatic heterocycles. The zero-order chi connectivity index (χ0) is 31.0. The van der Waals surface area contributed by atoms with Gasteiger partial charge in [0.15, 0.2) is 0 Å². The van der Waals surface area contributed by atoms with E-state index in [2.05, 4.69) is 83.1 Å². The Kier molecular flexibility index (Phi) is 10.5. The van der Waals surface area contributed by atoms with E-state index < -0.39 is 8.25 Å². The SMILES string of the molecule is CC(Cc1cc(C(C)(C)C)c(O)c(C(C)(C)C)c1)O[PH](=O)OC(C)Cc1cc(C(C)(C)C)c(O)c(C(C)(C)C)c1. The Labute approximate surface area is 244 Å². The van der Waals surface area contributed by atoms with E-state index in [4.69, 9.17) is 9.05 Å². The van der Waals surface area contributed by atoms with Crippen LogP contribution in [0.25, 0.3) is 0 Å². The zero-order valence-electron chi connectivity index (χ0n) is 27.5. The van der Waals surface area contributed by atoms with Crippen molar-refractivity contribution in [2.45, 2.75) is 144 Å². The molecule has 2 unspecified atom stereocenters. The minimum absolute atomic E-state index is 0.218. The van der Waals surface area contributed by atoms with E-state index in [1.54, 1.807) is 0 Å². The van der Waals surface area contributed by atoms with Gasteiger partial charge in [0.2, 0.25) is 0 Å².